The molecule has 0 spiro atoms. The minimum Gasteiger partial charge on any atom is -0.423 e. The van der Waals surface area contributed by atoms with Crippen LogP contribution >= 0.6 is 0 Å². The van der Waals surface area contributed by atoms with Gasteiger partial charge in [0, 0.05) is 0 Å². The van der Waals surface area contributed by atoms with Crippen LogP contribution in [0.3, 0.4) is 0 Å². The fraction of sp³-hybridized carbons (Fsp3) is 0.600. The Morgan fingerprint density at radius 2 is 1.17 bits per heavy atom. The highest BCUT2D eigenvalue weighted by Crippen LogP contribution is 2.25. The standard InChI is InChI=1S/C15H25BO2/c1-9(2)12-7-13(10(3)4)15(16(17)18)14(8-12)11(5)6/h7-11,17-18H,1-6H3. The summed E-state index contributed by atoms with van der Waals surface area (Å²) in [4.78, 5) is 0. The van der Waals surface area contributed by atoms with Gasteiger partial charge in [-0.1, -0.05) is 53.7 Å². The first kappa shape index (κ1) is 15.3. The molecular weight excluding hydrogens is 223 g/mol. The van der Waals surface area contributed by atoms with E-state index in [1.807, 2.05) is 0 Å². The second-order valence-electron chi connectivity index (χ2n) is 5.95. The van der Waals surface area contributed by atoms with Crippen LogP contribution < -0.4 is 5.46 Å². The van der Waals surface area contributed by atoms with Gasteiger partial charge in [-0.3, -0.25) is 0 Å². The van der Waals surface area contributed by atoms with E-state index in [0.717, 1.165) is 11.1 Å². The summed E-state index contributed by atoms with van der Waals surface area (Å²) in [6.07, 6.45) is 0. The lowest BCUT2D eigenvalue weighted by atomic mass is 9.68. The van der Waals surface area contributed by atoms with Gasteiger partial charge in [0.15, 0.2) is 0 Å². The fourth-order valence-electron chi connectivity index (χ4n) is 2.31. The predicted octanol–water partition coefficient (Wildman–Crippen LogP) is 2.74. The second-order valence-corrected chi connectivity index (χ2v) is 5.95. The van der Waals surface area contributed by atoms with Gasteiger partial charge in [0.05, 0.1) is 0 Å². The second kappa shape index (κ2) is 5.90. The van der Waals surface area contributed by atoms with Crippen molar-refractivity contribution in [1.82, 2.24) is 0 Å². The predicted molar refractivity (Wildman–Crippen MR) is 78.5 cm³/mol. The molecule has 1 aromatic rings. The lowest BCUT2D eigenvalue weighted by molar-refractivity contribution is 0.424. The molecule has 1 aromatic carbocycles. The summed E-state index contributed by atoms with van der Waals surface area (Å²) in [6, 6.07) is 4.24. The molecule has 2 nitrogen and oxygen atoms in total. The normalized spacial score (nSPS) is 11.7. The molecule has 0 aromatic heterocycles. The van der Waals surface area contributed by atoms with Crippen LogP contribution in [0.15, 0.2) is 12.1 Å². The minimum absolute atomic E-state index is 0.290. The Kier molecular flexibility index (Phi) is 5.00. The molecule has 100 valence electrons. The highest BCUT2D eigenvalue weighted by molar-refractivity contribution is 6.59. The molecular formula is C15H25BO2. The molecule has 0 aliphatic carbocycles. The molecule has 0 fully saturated rings. The van der Waals surface area contributed by atoms with Crippen molar-refractivity contribution >= 4 is 12.6 Å². The highest BCUT2D eigenvalue weighted by Gasteiger charge is 2.24. The smallest absolute Gasteiger partial charge is 0.423 e. The van der Waals surface area contributed by atoms with Gasteiger partial charge in [0.2, 0.25) is 0 Å². The molecule has 1 rings (SSSR count). The van der Waals surface area contributed by atoms with Gasteiger partial charge in [-0.15, -0.1) is 0 Å². The van der Waals surface area contributed by atoms with Crippen LogP contribution in [0.5, 0.6) is 0 Å². The van der Waals surface area contributed by atoms with Crippen molar-refractivity contribution < 1.29 is 10.0 Å². The Bertz CT molecular complexity index is 380. The Morgan fingerprint density at radius 3 is 1.39 bits per heavy atom. The van der Waals surface area contributed by atoms with Gasteiger partial charge in [0.1, 0.15) is 0 Å². The lowest BCUT2D eigenvalue weighted by Gasteiger charge is -2.22. The van der Waals surface area contributed by atoms with E-state index in [0.29, 0.717) is 11.4 Å². The van der Waals surface area contributed by atoms with E-state index in [2.05, 4.69) is 53.7 Å². The van der Waals surface area contributed by atoms with E-state index in [4.69, 9.17) is 0 Å². The van der Waals surface area contributed by atoms with Crippen LogP contribution in [0.25, 0.3) is 0 Å². The number of hydrogen-bond donors (Lipinski definition) is 2. The average molecular weight is 248 g/mol. The summed E-state index contributed by atoms with van der Waals surface area (Å²) in [5.74, 6) is 1.03. The minimum atomic E-state index is -1.39. The molecule has 0 atom stereocenters. The first-order chi connectivity index (χ1) is 8.25. The van der Waals surface area contributed by atoms with Gasteiger partial charge >= 0.3 is 7.12 Å². The summed E-state index contributed by atoms with van der Waals surface area (Å²) >= 11 is 0. The topological polar surface area (TPSA) is 40.5 Å². The van der Waals surface area contributed by atoms with Crippen LogP contribution in [-0.4, -0.2) is 17.2 Å². The third kappa shape index (κ3) is 3.15. The zero-order chi connectivity index (χ0) is 14.0. The van der Waals surface area contributed by atoms with Crippen molar-refractivity contribution in [2.75, 3.05) is 0 Å². The van der Waals surface area contributed by atoms with E-state index in [-0.39, 0.29) is 11.8 Å². The SMILES string of the molecule is CC(C)c1cc(C(C)C)c(B(O)O)c(C(C)C)c1. The van der Waals surface area contributed by atoms with Crippen molar-refractivity contribution in [2.45, 2.75) is 59.3 Å². The Labute approximate surface area is 111 Å². The molecule has 0 unspecified atom stereocenters. The number of rotatable bonds is 4. The van der Waals surface area contributed by atoms with Gasteiger partial charge in [-0.25, -0.2) is 0 Å². The van der Waals surface area contributed by atoms with Crippen molar-refractivity contribution in [1.29, 1.82) is 0 Å². The molecule has 3 heteroatoms. The monoisotopic (exact) mass is 248 g/mol. The highest BCUT2D eigenvalue weighted by atomic mass is 16.4. The number of benzene rings is 1. The lowest BCUT2D eigenvalue weighted by Crippen LogP contribution is -2.37. The van der Waals surface area contributed by atoms with Crippen molar-refractivity contribution in [3.05, 3.63) is 28.8 Å². The Balaban J connectivity index is 3.55. The van der Waals surface area contributed by atoms with E-state index in [1.54, 1.807) is 0 Å². The maximum absolute atomic E-state index is 9.67. The van der Waals surface area contributed by atoms with E-state index in [1.165, 1.54) is 5.56 Å². The first-order valence-electron chi connectivity index (χ1n) is 6.79. The van der Waals surface area contributed by atoms with Crippen LogP contribution in [-0.2, 0) is 0 Å². The summed E-state index contributed by atoms with van der Waals surface area (Å²) in [6.45, 7) is 12.7. The third-order valence-electron chi connectivity index (χ3n) is 3.44. The van der Waals surface area contributed by atoms with Crippen LogP contribution in [0.1, 0.15) is 76.0 Å². The largest absolute Gasteiger partial charge is 0.489 e. The fourth-order valence-corrected chi connectivity index (χ4v) is 2.31. The van der Waals surface area contributed by atoms with Crippen LogP contribution in [0.2, 0.25) is 0 Å². The van der Waals surface area contributed by atoms with Gasteiger partial charge < -0.3 is 10.0 Å². The molecule has 0 saturated carbocycles. The van der Waals surface area contributed by atoms with Crippen molar-refractivity contribution in [3.63, 3.8) is 0 Å². The van der Waals surface area contributed by atoms with Gasteiger partial charge in [-0.05, 0) is 39.9 Å². The van der Waals surface area contributed by atoms with Gasteiger partial charge in [-0.2, -0.15) is 0 Å². The molecule has 0 bridgehead atoms. The molecule has 0 aliphatic rings. The zero-order valence-corrected chi connectivity index (χ0v) is 12.4. The molecule has 0 radical (unpaired) electrons. The zero-order valence-electron chi connectivity index (χ0n) is 12.4. The first-order valence-corrected chi connectivity index (χ1v) is 6.79. The van der Waals surface area contributed by atoms with E-state index in [9.17, 15) is 10.0 Å². The molecule has 2 N–H and O–H groups in total. The molecule has 0 aliphatic heterocycles. The van der Waals surface area contributed by atoms with Gasteiger partial charge in [0.25, 0.3) is 0 Å². The molecule has 0 amide bonds. The molecule has 0 saturated heterocycles. The summed E-state index contributed by atoms with van der Waals surface area (Å²) in [5.41, 5.74) is 4.08. The Morgan fingerprint density at radius 1 is 0.778 bits per heavy atom. The average Bonchev–Trinajstić information content (AvgIpc) is 2.26. The maximum Gasteiger partial charge on any atom is 0.489 e. The molecule has 18 heavy (non-hydrogen) atoms. The maximum atomic E-state index is 9.67. The van der Waals surface area contributed by atoms with Crippen LogP contribution in [0, 0.1) is 0 Å². The van der Waals surface area contributed by atoms with Crippen LogP contribution in [0.4, 0.5) is 0 Å². The molecule has 0 heterocycles. The summed E-state index contributed by atoms with van der Waals surface area (Å²) in [5, 5.41) is 19.3. The summed E-state index contributed by atoms with van der Waals surface area (Å²) < 4.78 is 0. The quantitative estimate of drug-likeness (QED) is 0.804. The van der Waals surface area contributed by atoms with E-state index < -0.39 is 7.12 Å². The van der Waals surface area contributed by atoms with Crippen molar-refractivity contribution in [3.8, 4) is 0 Å². The Hall–Kier alpha value is -0.795. The summed E-state index contributed by atoms with van der Waals surface area (Å²) in [7, 11) is -1.39. The van der Waals surface area contributed by atoms with E-state index >= 15 is 0 Å². The van der Waals surface area contributed by atoms with Crippen molar-refractivity contribution in [2.24, 2.45) is 0 Å². The number of hydrogen-bond acceptors (Lipinski definition) is 2. The third-order valence-corrected chi connectivity index (χ3v) is 3.44.